The third-order valence-corrected chi connectivity index (χ3v) is 10.5. The van der Waals surface area contributed by atoms with Crippen LogP contribution >= 0.6 is 11.8 Å². The van der Waals surface area contributed by atoms with Gasteiger partial charge in [-0.1, -0.05) is 26.0 Å². The third kappa shape index (κ3) is 21.7. The fourth-order valence-corrected chi connectivity index (χ4v) is 6.80. The Balaban J connectivity index is 2.42. The van der Waals surface area contributed by atoms with Crippen molar-refractivity contribution in [1.82, 2.24) is 41.9 Å². The molecule has 0 unspecified atom stereocenters. The number of rotatable bonds is 31. The smallest absolute Gasteiger partial charge is 0.326 e. The molecule has 0 saturated heterocycles. The van der Waals surface area contributed by atoms with Gasteiger partial charge in [0.1, 0.15) is 42.0 Å². The number of amides is 7. The first kappa shape index (κ1) is 56.2. The lowest BCUT2D eigenvalue weighted by Crippen LogP contribution is -2.60. The van der Waals surface area contributed by atoms with Gasteiger partial charge in [-0.05, 0) is 67.7 Å². The number of thioether (sulfide) groups is 1. The summed E-state index contributed by atoms with van der Waals surface area (Å²) in [7, 11) is 0. The molecule has 26 heteroatoms. The molecule has 2 aromatic rings. The fourth-order valence-electron chi connectivity index (χ4n) is 6.32. The number of phenols is 1. The molecule has 67 heavy (non-hydrogen) atoms. The van der Waals surface area contributed by atoms with Crippen molar-refractivity contribution >= 4 is 71.0 Å². The zero-order chi connectivity index (χ0) is 50.2. The molecule has 25 nitrogen and oxygen atoms in total. The van der Waals surface area contributed by atoms with Crippen molar-refractivity contribution < 1.29 is 58.5 Å². The molecule has 18 N–H and O–H groups in total. The molecule has 0 radical (unpaired) electrons. The van der Waals surface area contributed by atoms with Crippen molar-refractivity contribution in [3.63, 3.8) is 0 Å². The second-order valence-electron chi connectivity index (χ2n) is 15.9. The number of phenolic OH excluding ortho intramolecular Hbond substituents is 1. The van der Waals surface area contributed by atoms with Gasteiger partial charge in [0.05, 0.1) is 18.8 Å². The lowest BCUT2D eigenvalue weighted by Gasteiger charge is -2.27. The number of guanidine groups is 1. The second kappa shape index (κ2) is 28.8. The largest absolute Gasteiger partial charge is 0.508 e. The molecular formula is C41H63N13O12S. The van der Waals surface area contributed by atoms with Crippen molar-refractivity contribution in [2.24, 2.45) is 33.8 Å². The minimum absolute atomic E-state index is 0.0468. The summed E-state index contributed by atoms with van der Waals surface area (Å²) in [6, 6.07) is -4.56. The van der Waals surface area contributed by atoms with E-state index in [-0.39, 0.29) is 75.5 Å². The van der Waals surface area contributed by atoms with E-state index in [1.807, 2.05) is 0 Å². The number of aromatic amines is 1. The number of primary amides is 1. The van der Waals surface area contributed by atoms with Crippen molar-refractivity contribution in [2.75, 3.05) is 18.6 Å². The van der Waals surface area contributed by atoms with Gasteiger partial charge >= 0.3 is 11.9 Å². The van der Waals surface area contributed by atoms with E-state index >= 15 is 0 Å². The standard InChI is InChI=1S/C41H63N13O12S/c1-21(2)15-28(51-34(59)25(42)10-11-32(43)56)36(61)49-26(12-14-67-3)35(60)53-30(17-23-19-46-20-48-23)38(63)54-31(18-33(57)58)39(64)52-29(16-22-6-8-24(55)9-7-22)37(62)50-27(40(65)66)5-4-13-47-41(44)45/h6-9,19-21,25-31,55H,4-5,10-18,42H2,1-3H3,(H2,43,56)(H,46,48)(H,49,61)(H,50,62)(H,51,59)(H,52,64)(H,53,60)(H,54,63)(H,57,58)(H,65,66)(H4,44,45,47)/t25-,26-,27-,28-,29-,30-,31-/m0/s1. The van der Waals surface area contributed by atoms with Gasteiger partial charge in [0.25, 0.3) is 0 Å². The van der Waals surface area contributed by atoms with Crippen LogP contribution in [0, 0.1) is 5.92 Å². The minimum Gasteiger partial charge on any atom is -0.508 e. The number of aromatic nitrogens is 2. The Bertz CT molecular complexity index is 2020. The van der Waals surface area contributed by atoms with E-state index in [1.54, 1.807) is 20.1 Å². The number of nitrogens with zero attached hydrogens (tertiary/aromatic N) is 2. The number of benzene rings is 1. The van der Waals surface area contributed by atoms with Gasteiger partial charge in [-0.2, -0.15) is 11.8 Å². The Kier molecular flexibility index (Phi) is 24.2. The molecule has 2 rings (SSSR count). The summed E-state index contributed by atoms with van der Waals surface area (Å²) < 4.78 is 0. The predicted octanol–water partition coefficient (Wildman–Crippen LogP) is -3.19. The van der Waals surface area contributed by atoms with Crippen molar-refractivity contribution in [2.45, 2.75) is 114 Å². The monoisotopic (exact) mass is 961 g/mol. The van der Waals surface area contributed by atoms with E-state index in [4.69, 9.17) is 22.9 Å². The number of carboxylic acid groups (broad SMARTS) is 2. The first-order valence-electron chi connectivity index (χ1n) is 21.2. The van der Waals surface area contributed by atoms with E-state index in [0.29, 0.717) is 17.0 Å². The second-order valence-corrected chi connectivity index (χ2v) is 16.9. The van der Waals surface area contributed by atoms with Crippen LogP contribution in [0.5, 0.6) is 5.75 Å². The van der Waals surface area contributed by atoms with Gasteiger partial charge in [0.15, 0.2) is 5.96 Å². The Morgan fingerprint density at radius 1 is 0.716 bits per heavy atom. The van der Waals surface area contributed by atoms with E-state index in [1.165, 1.54) is 48.6 Å². The average Bonchev–Trinajstić information content (AvgIpc) is 3.77. The molecule has 0 saturated carbocycles. The SMILES string of the molecule is CSCC[C@H](NC(=O)[C@H](CC(C)C)NC(=O)[C@@H](N)CCC(N)=O)C(=O)N[C@@H](Cc1cnc[nH]1)C(=O)N[C@@H](CC(=O)O)C(=O)N[C@@H](Cc1ccc(O)cc1)C(=O)N[C@@H](CCCN=C(N)N)C(=O)O. The van der Waals surface area contributed by atoms with Gasteiger partial charge in [-0.15, -0.1) is 0 Å². The van der Waals surface area contributed by atoms with Crippen molar-refractivity contribution in [3.8, 4) is 5.75 Å². The number of aliphatic carboxylic acids is 2. The lowest BCUT2D eigenvalue weighted by molar-refractivity contribution is -0.143. The summed E-state index contributed by atoms with van der Waals surface area (Å²) in [5.41, 5.74) is 22.5. The molecule has 0 aliphatic heterocycles. The van der Waals surface area contributed by atoms with Crippen LogP contribution in [0.15, 0.2) is 41.8 Å². The van der Waals surface area contributed by atoms with Crippen LogP contribution in [0.4, 0.5) is 0 Å². The van der Waals surface area contributed by atoms with Crippen LogP contribution in [0.3, 0.4) is 0 Å². The highest BCUT2D eigenvalue weighted by Gasteiger charge is 2.35. The predicted molar refractivity (Wildman–Crippen MR) is 244 cm³/mol. The number of hydrogen-bond acceptors (Lipinski definition) is 14. The molecule has 0 aliphatic rings. The number of aliphatic imine (C=N–C) groups is 1. The number of imidazole rings is 1. The van der Waals surface area contributed by atoms with Crippen molar-refractivity contribution in [1.29, 1.82) is 0 Å². The summed E-state index contributed by atoms with van der Waals surface area (Å²) in [5.74, 6) is -9.27. The topological polar surface area (TPSA) is 432 Å². The Labute approximate surface area is 390 Å². The van der Waals surface area contributed by atoms with Gasteiger partial charge in [0, 0.05) is 37.7 Å². The maximum Gasteiger partial charge on any atom is 0.326 e. The number of H-pyrrole nitrogens is 1. The van der Waals surface area contributed by atoms with E-state index in [9.17, 15) is 58.5 Å². The lowest BCUT2D eigenvalue weighted by atomic mass is 10.0. The van der Waals surface area contributed by atoms with Crippen LogP contribution in [0.2, 0.25) is 0 Å². The maximum absolute atomic E-state index is 14.1. The summed E-state index contributed by atoms with van der Waals surface area (Å²) in [6.45, 7) is 3.65. The van der Waals surface area contributed by atoms with Gasteiger partial charge in [0.2, 0.25) is 41.4 Å². The Hall–Kier alpha value is -6.96. The van der Waals surface area contributed by atoms with Crippen molar-refractivity contribution in [3.05, 3.63) is 48.0 Å². The number of carbonyl (C=O) groups excluding carboxylic acids is 7. The summed E-state index contributed by atoms with van der Waals surface area (Å²) in [5, 5.41) is 44.4. The summed E-state index contributed by atoms with van der Waals surface area (Å²) in [4.78, 5) is 128. The minimum atomic E-state index is -1.88. The molecule has 7 atom stereocenters. The van der Waals surface area contributed by atoms with Crippen LogP contribution in [-0.2, 0) is 56.0 Å². The number of nitrogens with one attached hydrogen (secondary N) is 7. The number of nitrogens with two attached hydrogens (primary N) is 4. The van der Waals surface area contributed by atoms with Crippen LogP contribution < -0.4 is 54.8 Å². The third-order valence-electron chi connectivity index (χ3n) is 9.81. The van der Waals surface area contributed by atoms with E-state index in [0.717, 1.165) is 0 Å². The maximum atomic E-state index is 14.1. The van der Waals surface area contributed by atoms with Crippen LogP contribution in [-0.4, -0.2) is 145 Å². The molecule has 0 bridgehead atoms. The molecule has 0 spiro atoms. The highest BCUT2D eigenvalue weighted by molar-refractivity contribution is 7.98. The molecule has 1 heterocycles. The van der Waals surface area contributed by atoms with Crippen LogP contribution in [0.25, 0.3) is 0 Å². The first-order chi connectivity index (χ1) is 31.6. The zero-order valence-electron chi connectivity index (χ0n) is 37.5. The first-order valence-corrected chi connectivity index (χ1v) is 22.6. The van der Waals surface area contributed by atoms with E-state index < -0.39 is 102 Å². The van der Waals surface area contributed by atoms with Gasteiger partial charge in [-0.3, -0.25) is 43.3 Å². The zero-order valence-corrected chi connectivity index (χ0v) is 38.3. The molecule has 1 aromatic heterocycles. The molecule has 1 aromatic carbocycles. The highest BCUT2D eigenvalue weighted by Crippen LogP contribution is 2.14. The average molecular weight is 962 g/mol. The quantitative estimate of drug-likeness (QED) is 0.0201. The van der Waals surface area contributed by atoms with E-state index in [2.05, 4.69) is 46.9 Å². The molecule has 7 amide bonds. The highest BCUT2D eigenvalue weighted by atomic mass is 32.2. The van der Waals surface area contributed by atoms with Crippen LogP contribution in [0.1, 0.15) is 70.1 Å². The summed E-state index contributed by atoms with van der Waals surface area (Å²) in [6.07, 6.45) is 2.81. The fraction of sp³-hybridized carbons (Fsp3) is 0.537. The normalized spacial score (nSPS) is 14.1. The summed E-state index contributed by atoms with van der Waals surface area (Å²) >= 11 is 1.35. The van der Waals surface area contributed by atoms with Gasteiger partial charge in [-0.25, -0.2) is 9.78 Å². The molecular weight excluding hydrogens is 899 g/mol. The molecule has 0 aliphatic carbocycles. The number of aromatic hydroxyl groups is 1. The number of carbonyl (C=O) groups is 9. The molecule has 0 fully saturated rings. The molecule has 370 valence electrons. The van der Waals surface area contributed by atoms with Gasteiger partial charge < -0.3 is 75.1 Å². The number of carboxylic acids is 2. The Morgan fingerprint density at radius 3 is 1.79 bits per heavy atom. The Morgan fingerprint density at radius 2 is 1.25 bits per heavy atom. The number of hydrogen-bond donors (Lipinski definition) is 14.